The second-order valence-electron chi connectivity index (χ2n) is 6.85. The number of anilines is 1. The molecule has 2 N–H and O–H groups in total. The molecular weight excluding hydrogens is 388 g/mol. The smallest absolute Gasteiger partial charge is 0.258 e. The number of amides is 1. The highest BCUT2D eigenvalue weighted by Gasteiger charge is 2.12. The molecule has 0 fully saturated rings. The zero-order chi connectivity index (χ0) is 21.7. The molecule has 0 saturated heterocycles. The summed E-state index contributed by atoms with van der Waals surface area (Å²) in [5, 5.41) is 10.0. The van der Waals surface area contributed by atoms with E-state index in [0.29, 0.717) is 18.7 Å². The van der Waals surface area contributed by atoms with E-state index in [1.165, 1.54) is 42.5 Å². The van der Waals surface area contributed by atoms with Crippen molar-refractivity contribution in [2.24, 2.45) is 12.0 Å². The van der Waals surface area contributed by atoms with Gasteiger partial charge in [-0.05, 0) is 68.3 Å². The van der Waals surface area contributed by atoms with E-state index in [-0.39, 0.29) is 17.3 Å². The predicted octanol–water partition coefficient (Wildman–Crippen LogP) is 3.76. The van der Waals surface area contributed by atoms with Crippen molar-refractivity contribution in [3.05, 3.63) is 82.7 Å². The van der Waals surface area contributed by atoms with E-state index in [4.69, 9.17) is 0 Å². The number of aliphatic imine (C=N–C) groups is 1. The normalized spacial score (nSPS) is 11.4. The average molecular weight is 411 g/mol. The van der Waals surface area contributed by atoms with Crippen LogP contribution in [0.3, 0.4) is 0 Å². The molecule has 0 unspecified atom stereocenters. The Kier molecular flexibility index (Phi) is 6.56. The number of guanidine groups is 1. The van der Waals surface area contributed by atoms with Gasteiger partial charge in [-0.2, -0.15) is 5.10 Å². The number of halogens is 2. The van der Waals surface area contributed by atoms with Crippen LogP contribution >= 0.6 is 0 Å². The molecule has 30 heavy (non-hydrogen) atoms. The van der Waals surface area contributed by atoms with E-state index in [1.807, 2.05) is 25.6 Å². The molecule has 6 nitrogen and oxygen atoms in total. The van der Waals surface area contributed by atoms with Crippen molar-refractivity contribution in [3.8, 4) is 0 Å². The Balaban J connectivity index is 1.78. The number of nitrogens with zero attached hydrogens (tertiary/aromatic N) is 3. The second-order valence-corrected chi connectivity index (χ2v) is 6.85. The number of nitrogens with one attached hydrogen (secondary N) is 2. The van der Waals surface area contributed by atoms with Gasteiger partial charge in [0.2, 0.25) is 5.96 Å². The van der Waals surface area contributed by atoms with Gasteiger partial charge in [-0.25, -0.2) is 8.78 Å². The molecule has 0 aliphatic carbocycles. The molecule has 8 heteroatoms. The maximum Gasteiger partial charge on any atom is 0.258 e. The molecule has 1 amide bonds. The van der Waals surface area contributed by atoms with Crippen LogP contribution in [-0.2, 0) is 13.5 Å². The van der Waals surface area contributed by atoms with Crippen LogP contribution < -0.4 is 10.6 Å². The number of carbonyl (C=O) groups is 1. The molecule has 0 saturated carbocycles. The van der Waals surface area contributed by atoms with Gasteiger partial charge in [0.25, 0.3) is 5.91 Å². The third-order valence-electron chi connectivity index (χ3n) is 4.72. The lowest BCUT2D eigenvalue weighted by atomic mass is 10.1. The van der Waals surface area contributed by atoms with Crippen LogP contribution in [0.15, 0.2) is 53.5 Å². The van der Waals surface area contributed by atoms with E-state index in [0.717, 1.165) is 23.0 Å². The van der Waals surface area contributed by atoms with Gasteiger partial charge in [-0.1, -0.05) is 6.07 Å². The van der Waals surface area contributed by atoms with E-state index in [2.05, 4.69) is 20.7 Å². The number of hydrogen-bond acceptors (Lipinski definition) is 3. The Morgan fingerprint density at radius 3 is 2.47 bits per heavy atom. The van der Waals surface area contributed by atoms with Crippen molar-refractivity contribution >= 4 is 17.6 Å². The summed E-state index contributed by atoms with van der Waals surface area (Å²) in [5.41, 5.74) is 3.81. The number of aromatic nitrogens is 2. The minimum Gasteiger partial charge on any atom is -0.326 e. The molecule has 0 radical (unpaired) electrons. The highest BCUT2D eigenvalue weighted by molar-refractivity contribution is 6.09. The fraction of sp³-hybridized carbons (Fsp3) is 0.227. The first-order valence-corrected chi connectivity index (χ1v) is 9.46. The molecule has 0 aliphatic heterocycles. The van der Waals surface area contributed by atoms with Gasteiger partial charge in [0, 0.05) is 30.5 Å². The van der Waals surface area contributed by atoms with Crippen molar-refractivity contribution in [3.63, 3.8) is 0 Å². The Labute approximate surface area is 173 Å². The standard InChI is InChI=1S/C22H23F2N5O/c1-14-20(15(2)29(3)28-14)11-12-25-22(26-19-9-7-17(23)8-10-19)27-21(30)16-5-4-6-18(24)13-16/h4-10,13H,11-12H2,1-3H3,(H2,25,26,27,30). The first kappa shape index (κ1) is 21.2. The largest absolute Gasteiger partial charge is 0.326 e. The molecular formula is C22H23F2N5O. The Bertz CT molecular complexity index is 1070. The zero-order valence-corrected chi connectivity index (χ0v) is 17.0. The van der Waals surface area contributed by atoms with E-state index >= 15 is 0 Å². The fourth-order valence-corrected chi connectivity index (χ4v) is 3.05. The first-order chi connectivity index (χ1) is 14.3. The predicted molar refractivity (Wildman–Crippen MR) is 113 cm³/mol. The van der Waals surface area contributed by atoms with E-state index in [9.17, 15) is 13.6 Å². The molecule has 0 bridgehead atoms. The maximum atomic E-state index is 13.4. The van der Waals surface area contributed by atoms with Crippen LogP contribution in [-0.4, -0.2) is 28.2 Å². The van der Waals surface area contributed by atoms with Gasteiger partial charge in [0.1, 0.15) is 11.6 Å². The first-order valence-electron chi connectivity index (χ1n) is 9.46. The van der Waals surface area contributed by atoms with Crippen LogP contribution in [0.1, 0.15) is 27.3 Å². The lowest BCUT2D eigenvalue weighted by Gasteiger charge is -2.12. The molecule has 0 aliphatic rings. The van der Waals surface area contributed by atoms with Crippen molar-refractivity contribution in [1.29, 1.82) is 0 Å². The molecule has 156 valence electrons. The van der Waals surface area contributed by atoms with Gasteiger partial charge in [0.15, 0.2) is 0 Å². The minimum atomic E-state index is -0.504. The number of benzene rings is 2. The summed E-state index contributed by atoms with van der Waals surface area (Å²) >= 11 is 0. The Hall–Kier alpha value is -3.55. The molecule has 0 atom stereocenters. The van der Waals surface area contributed by atoms with E-state index < -0.39 is 11.7 Å². The Morgan fingerprint density at radius 1 is 1.10 bits per heavy atom. The molecule has 0 spiro atoms. The van der Waals surface area contributed by atoms with Crippen LogP contribution in [0.4, 0.5) is 14.5 Å². The van der Waals surface area contributed by atoms with Crippen LogP contribution in [0.25, 0.3) is 0 Å². The average Bonchev–Trinajstić information content (AvgIpc) is 2.95. The summed E-state index contributed by atoms with van der Waals surface area (Å²) in [6.45, 7) is 4.32. The third kappa shape index (κ3) is 5.28. The van der Waals surface area contributed by atoms with Crippen molar-refractivity contribution in [2.45, 2.75) is 20.3 Å². The number of carbonyl (C=O) groups excluding carboxylic acids is 1. The summed E-state index contributed by atoms with van der Waals surface area (Å²) < 4.78 is 28.5. The molecule has 2 aromatic carbocycles. The maximum absolute atomic E-state index is 13.4. The summed E-state index contributed by atoms with van der Waals surface area (Å²) in [4.78, 5) is 17.0. The van der Waals surface area contributed by atoms with Gasteiger partial charge in [-0.3, -0.25) is 19.8 Å². The fourth-order valence-electron chi connectivity index (χ4n) is 3.05. The van der Waals surface area contributed by atoms with E-state index in [1.54, 1.807) is 0 Å². The SMILES string of the molecule is Cc1nn(C)c(C)c1CCN=C(NC(=O)c1cccc(F)c1)Nc1ccc(F)cc1. The number of aryl methyl sites for hydroxylation is 2. The monoisotopic (exact) mass is 411 g/mol. The van der Waals surface area contributed by atoms with Gasteiger partial charge in [0.05, 0.1) is 5.69 Å². The van der Waals surface area contributed by atoms with Gasteiger partial charge in [-0.15, -0.1) is 0 Å². The number of hydrogen-bond donors (Lipinski definition) is 2. The highest BCUT2D eigenvalue weighted by atomic mass is 19.1. The van der Waals surface area contributed by atoms with Crippen molar-refractivity contribution in [2.75, 3.05) is 11.9 Å². The topological polar surface area (TPSA) is 71.3 Å². The minimum absolute atomic E-state index is 0.169. The summed E-state index contributed by atoms with van der Waals surface area (Å²) in [5.74, 6) is -1.19. The van der Waals surface area contributed by atoms with Crippen molar-refractivity contribution in [1.82, 2.24) is 15.1 Å². The van der Waals surface area contributed by atoms with Gasteiger partial charge >= 0.3 is 0 Å². The third-order valence-corrected chi connectivity index (χ3v) is 4.72. The summed E-state index contributed by atoms with van der Waals surface area (Å²) in [7, 11) is 1.88. The summed E-state index contributed by atoms with van der Waals surface area (Å²) in [6, 6.07) is 11.1. The lowest BCUT2D eigenvalue weighted by molar-refractivity contribution is 0.0976. The quantitative estimate of drug-likeness (QED) is 0.496. The highest BCUT2D eigenvalue weighted by Crippen LogP contribution is 2.13. The van der Waals surface area contributed by atoms with Crippen LogP contribution in [0.2, 0.25) is 0 Å². The molecule has 3 rings (SSSR count). The molecule has 3 aromatic rings. The van der Waals surface area contributed by atoms with Gasteiger partial charge < -0.3 is 5.32 Å². The molecule has 1 aromatic heterocycles. The second kappa shape index (κ2) is 9.30. The summed E-state index contributed by atoms with van der Waals surface area (Å²) in [6.07, 6.45) is 0.635. The molecule has 1 heterocycles. The number of rotatable bonds is 5. The zero-order valence-electron chi connectivity index (χ0n) is 17.0. The lowest BCUT2D eigenvalue weighted by Crippen LogP contribution is -2.36. The van der Waals surface area contributed by atoms with Crippen LogP contribution in [0.5, 0.6) is 0 Å². The van der Waals surface area contributed by atoms with Crippen molar-refractivity contribution < 1.29 is 13.6 Å². The Morgan fingerprint density at radius 2 is 1.83 bits per heavy atom. The van der Waals surface area contributed by atoms with Crippen LogP contribution in [0, 0.1) is 25.5 Å².